The molecular weight excluding hydrogens is 430 g/mol. The molecule has 2 heterocycles. The number of anilines is 1. The number of nitrogens with two attached hydrogens (primary N) is 1. The van der Waals surface area contributed by atoms with E-state index >= 15 is 0 Å². The van der Waals surface area contributed by atoms with Gasteiger partial charge in [-0.15, -0.1) is 0 Å². The van der Waals surface area contributed by atoms with E-state index in [1.807, 2.05) is 0 Å². The molecule has 0 atom stereocenters. The van der Waals surface area contributed by atoms with E-state index < -0.39 is 10.0 Å². The smallest absolute Gasteiger partial charge is 0.280 e. The van der Waals surface area contributed by atoms with E-state index in [2.05, 4.69) is 5.10 Å². The molecule has 9 heteroatoms. The molecule has 32 heavy (non-hydrogen) atoms. The molecule has 1 aliphatic rings. The quantitative estimate of drug-likeness (QED) is 0.471. The number of carbonyl (C=O) groups is 2. The zero-order valence-electron chi connectivity index (χ0n) is 17.3. The van der Waals surface area contributed by atoms with Gasteiger partial charge in [0, 0.05) is 11.1 Å². The van der Waals surface area contributed by atoms with Gasteiger partial charge in [0.15, 0.2) is 5.78 Å². The fourth-order valence-corrected chi connectivity index (χ4v) is 3.75. The van der Waals surface area contributed by atoms with Crippen LogP contribution in [0, 0.1) is 0 Å². The predicted octanol–water partition coefficient (Wildman–Crippen LogP) is 3.60. The van der Waals surface area contributed by atoms with Gasteiger partial charge in [-0.1, -0.05) is 24.3 Å². The number of primary sulfonamides is 1. The lowest BCUT2D eigenvalue weighted by Crippen LogP contribution is -2.21. The van der Waals surface area contributed by atoms with Crippen LogP contribution in [-0.4, -0.2) is 25.8 Å². The first kappa shape index (κ1) is 21.4. The minimum Gasteiger partial charge on any atom is -0.457 e. The van der Waals surface area contributed by atoms with Crippen molar-refractivity contribution in [1.82, 2.24) is 0 Å². The topological polar surface area (TPSA) is 123 Å². The molecular formula is C23H19N3O5S. The fraction of sp³-hybridized carbons (Fsp3) is 0.0870. The zero-order valence-corrected chi connectivity index (χ0v) is 18.1. The third-order valence-electron chi connectivity index (χ3n) is 4.96. The van der Waals surface area contributed by atoms with E-state index in [0.717, 1.165) is 5.56 Å². The van der Waals surface area contributed by atoms with Crippen molar-refractivity contribution in [3.05, 3.63) is 77.6 Å². The molecule has 0 fully saturated rings. The molecule has 162 valence electrons. The second-order valence-corrected chi connectivity index (χ2v) is 8.80. The van der Waals surface area contributed by atoms with Crippen LogP contribution < -0.4 is 10.1 Å². The van der Waals surface area contributed by atoms with Gasteiger partial charge < -0.3 is 4.42 Å². The Morgan fingerprint density at radius 1 is 1.03 bits per heavy atom. The normalized spacial score (nSPS) is 15.3. The Kier molecular flexibility index (Phi) is 5.37. The Hall–Kier alpha value is -3.82. The maximum absolute atomic E-state index is 12.9. The van der Waals surface area contributed by atoms with Crippen molar-refractivity contribution in [2.75, 3.05) is 5.01 Å². The molecule has 2 aromatic carbocycles. The lowest BCUT2D eigenvalue weighted by molar-refractivity contribution is -0.114. The third-order valence-corrected chi connectivity index (χ3v) is 5.89. The highest BCUT2D eigenvalue weighted by Crippen LogP contribution is 2.28. The Bertz CT molecular complexity index is 1380. The highest BCUT2D eigenvalue weighted by Gasteiger charge is 2.29. The van der Waals surface area contributed by atoms with Crippen LogP contribution in [0.5, 0.6) is 0 Å². The number of nitrogens with zero attached hydrogens (tertiary/aromatic N) is 2. The highest BCUT2D eigenvalue weighted by atomic mass is 32.2. The van der Waals surface area contributed by atoms with Crippen molar-refractivity contribution >= 4 is 39.2 Å². The molecule has 1 aliphatic heterocycles. The molecule has 1 aromatic heterocycles. The van der Waals surface area contributed by atoms with E-state index in [1.165, 1.54) is 36.2 Å². The third kappa shape index (κ3) is 4.16. The summed E-state index contributed by atoms with van der Waals surface area (Å²) in [5.74, 6) is 0.691. The van der Waals surface area contributed by atoms with Crippen molar-refractivity contribution in [2.45, 2.75) is 18.7 Å². The Morgan fingerprint density at radius 3 is 2.28 bits per heavy atom. The van der Waals surface area contributed by atoms with E-state index in [9.17, 15) is 18.0 Å². The summed E-state index contributed by atoms with van der Waals surface area (Å²) in [7, 11) is -3.83. The number of amides is 1. The summed E-state index contributed by atoms with van der Waals surface area (Å²) in [5.41, 5.74) is 2.68. The van der Waals surface area contributed by atoms with Gasteiger partial charge in [0.1, 0.15) is 11.5 Å². The predicted molar refractivity (Wildman–Crippen MR) is 121 cm³/mol. The van der Waals surface area contributed by atoms with Crippen LogP contribution in [0.4, 0.5) is 5.69 Å². The molecule has 2 N–H and O–H groups in total. The maximum atomic E-state index is 12.9. The molecule has 8 nitrogen and oxygen atoms in total. The number of hydrazone groups is 1. The van der Waals surface area contributed by atoms with Crippen molar-refractivity contribution < 1.29 is 22.4 Å². The minimum absolute atomic E-state index is 0.0141. The van der Waals surface area contributed by atoms with E-state index in [1.54, 1.807) is 49.4 Å². The van der Waals surface area contributed by atoms with E-state index in [0.29, 0.717) is 34.1 Å². The molecule has 0 unspecified atom stereocenters. The van der Waals surface area contributed by atoms with Gasteiger partial charge >= 0.3 is 0 Å². The van der Waals surface area contributed by atoms with Crippen LogP contribution >= 0.6 is 0 Å². The first-order valence-electron chi connectivity index (χ1n) is 9.59. The second-order valence-electron chi connectivity index (χ2n) is 7.23. The summed E-state index contributed by atoms with van der Waals surface area (Å²) in [5, 5.41) is 10.6. The van der Waals surface area contributed by atoms with Gasteiger partial charge in [0.05, 0.1) is 21.9 Å². The van der Waals surface area contributed by atoms with Crippen molar-refractivity contribution in [3.8, 4) is 11.3 Å². The van der Waals surface area contributed by atoms with Gasteiger partial charge in [0.2, 0.25) is 10.0 Å². The monoisotopic (exact) mass is 449 g/mol. The molecule has 0 radical (unpaired) electrons. The SMILES string of the molecule is CC(=O)c1ccc(-c2ccc(C=C3C(=O)N(c4ccc(S(N)(=O)=O)cc4)N=C3C)o2)cc1. The average Bonchev–Trinajstić information content (AvgIpc) is 3.33. The summed E-state index contributed by atoms with van der Waals surface area (Å²) >= 11 is 0. The standard InChI is InChI=1S/C23H19N3O5S/c1-14-21(23(28)26(25-14)18-7-10-20(11-8-18)32(24,29)30)13-19-9-12-22(31-19)17-5-3-16(4-6-17)15(2)27/h3-13H,1-2H3,(H2,24,29,30). The molecule has 3 aromatic rings. The number of hydrogen-bond donors (Lipinski definition) is 1. The van der Waals surface area contributed by atoms with E-state index in [4.69, 9.17) is 9.56 Å². The number of Topliss-reactive ketones (excluding diaryl/α,β-unsaturated/α-hetero) is 1. The van der Waals surface area contributed by atoms with Crippen molar-refractivity contribution in [3.63, 3.8) is 0 Å². The van der Waals surface area contributed by atoms with Gasteiger partial charge in [-0.2, -0.15) is 10.1 Å². The number of carbonyl (C=O) groups excluding carboxylic acids is 2. The summed E-state index contributed by atoms with van der Waals surface area (Å²) < 4.78 is 28.7. The summed E-state index contributed by atoms with van der Waals surface area (Å²) in [6.07, 6.45) is 1.60. The highest BCUT2D eigenvalue weighted by molar-refractivity contribution is 7.89. The molecule has 0 aliphatic carbocycles. The lowest BCUT2D eigenvalue weighted by atomic mass is 10.1. The average molecular weight is 449 g/mol. The number of ketones is 1. The number of sulfonamides is 1. The molecule has 0 saturated heterocycles. The summed E-state index contributed by atoms with van der Waals surface area (Å²) in [6, 6.07) is 16.2. The van der Waals surface area contributed by atoms with Crippen LogP contribution in [0.1, 0.15) is 30.0 Å². The summed E-state index contributed by atoms with van der Waals surface area (Å²) in [4.78, 5) is 24.3. The van der Waals surface area contributed by atoms with Crippen molar-refractivity contribution in [2.24, 2.45) is 10.2 Å². The van der Waals surface area contributed by atoms with Crippen molar-refractivity contribution in [1.29, 1.82) is 0 Å². The van der Waals surface area contributed by atoms with Gasteiger partial charge in [0.25, 0.3) is 5.91 Å². The van der Waals surface area contributed by atoms with Crippen LogP contribution in [0.2, 0.25) is 0 Å². The van der Waals surface area contributed by atoms with Crippen LogP contribution in [0.3, 0.4) is 0 Å². The molecule has 0 bridgehead atoms. The van der Waals surface area contributed by atoms with Gasteiger partial charge in [-0.05, 0) is 56.3 Å². The number of benzene rings is 2. The number of rotatable bonds is 5. The first-order chi connectivity index (χ1) is 15.1. The van der Waals surface area contributed by atoms with Crippen LogP contribution in [0.15, 0.2) is 80.7 Å². The Labute approximate surface area is 184 Å². The minimum atomic E-state index is -3.83. The maximum Gasteiger partial charge on any atom is 0.280 e. The largest absolute Gasteiger partial charge is 0.457 e. The molecule has 0 spiro atoms. The van der Waals surface area contributed by atoms with Crippen LogP contribution in [-0.2, 0) is 14.8 Å². The zero-order chi connectivity index (χ0) is 23.0. The van der Waals surface area contributed by atoms with Crippen LogP contribution in [0.25, 0.3) is 17.4 Å². The molecule has 1 amide bonds. The Morgan fingerprint density at radius 2 is 1.69 bits per heavy atom. The lowest BCUT2D eigenvalue weighted by Gasteiger charge is -2.11. The number of hydrogen-bond acceptors (Lipinski definition) is 6. The Balaban J connectivity index is 1.57. The van der Waals surface area contributed by atoms with Gasteiger partial charge in [-0.25, -0.2) is 13.6 Å². The van der Waals surface area contributed by atoms with Gasteiger partial charge in [-0.3, -0.25) is 9.59 Å². The second kappa shape index (κ2) is 8.03. The fourth-order valence-electron chi connectivity index (χ4n) is 3.23. The number of furan rings is 1. The first-order valence-corrected chi connectivity index (χ1v) is 11.1. The van der Waals surface area contributed by atoms with E-state index in [-0.39, 0.29) is 16.6 Å². The summed E-state index contributed by atoms with van der Waals surface area (Å²) in [6.45, 7) is 3.21. The molecule has 4 rings (SSSR count). The molecule has 0 saturated carbocycles.